The number of halogens is 1. The van der Waals surface area contributed by atoms with Crippen LogP contribution in [0.2, 0.25) is 0 Å². The molecule has 1 fully saturated rings. The summed E-state index contributed by atoms with van der Waals surface area (Å²) in [7, 11) is 2.04. The standard InChI is InChI=1S/C26H30FN3O3/c1-18(2)17-33-21-10-8-19(9-11-21)23-24(29-14-12-28(3)13-15-29)26(32)30(25(23)31)16-20-6-4-5-7-22(20)27/h4-11,18H,12-17H2,1-3H3. The molecule has 0 aromatic heterocycles. The van der Waals surface area contributed by atoms with Crippen molar-refractivity contribution in [3.8, 4) is 5.75 Å². The van der Waals surface area contributed by atoms with Gasteiger partial charge in [0.05, 0.1) is 18.7 Å². The molecule has 2 aliphatic heterocycles. The van der Waals surface area contributed by atoms with Crippen LogP contribution in [0.4, 0.5) is 4.39 Å². The van der Waals surface area contributed by atoms with Gasteiger partial charge in [-0.05, 0) is 36.7 Å². The lowest BCUT2D eigenvalue weighted by atomic mass is 10.0. The van der Waals surface area contributed by atoms with E-state index in [4.69, 9.17) is 4.74 Å². The zero-order chi connectivity index (χ0) is 23.5. The van der Waals surface area contributed by atoms with Gasteiger partial charge in [0.25, 0.3) is 11.8 Å². The Bertz CT molecular complexity index is 1060. The van der Waals surface area contributed by atoms with E-state index in [1.54, 1.807) is 18.2 Å². The third-order valence-corrected chi connectivity index (χ3v) is 5.98. The van der Waals surface area contributed by atoms with Crippen molar-refractivity contribution < 1.29 is 18.7 Å². The van der Waals surface area contributed by atoms with Crippen LogP contribution in [0.5, 0.6) is 5.75 Å². The number of carbonyl (C=O) groups is 2. The second-order valence-electron chi connectivity index (χ2n) is 9.03. The molecule has 0 N–H and O–H groups in total. The number of imide groups is 1. The highest BCUT2D eigenvalue weighted by molar-refractivity contribution is 6.35. The smallest absolute Gasteiger partial charge is 0.278 e. The molecule has 0 spiro atoms. The zero-order valence-corrected chi connectivity index (χ0v) is 19.4. The highest BCUT2D eigenvalue weighted by atomic mass is 19.1. The Kier molecular flexibility index (Phi) is 6.79. The van der Waals surface area contributed by atoms with Crippen LogP contribution in [-0.2, 0) is 16.1 Å². The number of piperazine rings is 1. The molecule has 2 heterocycles. The minimum Gasteiger partial charge on any atom is -0.493 e. The van der Waals surface area contributed by atoms with Gasteiger partial charge in [0.2, 0.25) is 0 Å². The molecule has 174 valence electrons. The van der Waals surface area contributed by atoms with E-state index in [2.05, 4.69) is 18.7 Å². The predicted octanol–water partition coefficient (Wildman–Crippen LogP) is 3.39. The van der Waals surface area contributed by atoms with Gasteiger partial charge in [-0.2, -0.15) is 0 Å². The molecule has 0 saturated carbocycles. The number of rotatable bonds is 7. The number of amides is 2. The van der Waals surface area contributed by atoms with E-state index < -0.39 is 11.7 Å². The number of nitrogens with zero attached hydrogens (tertiary/aromatic N) is 3. The first-order valence-corrected chi connectivity index (χ1v) is 11.4. The minimum atomic E-state index is -0.431. The first-order valence-electron chi connectivity index (χ1n) is 11.4. The van der Waals surface area contributed by atoms with E-state index in [9.17, 15) is 14.0 Å². The first kappa shape index (κ1) is 23.0. The number of ether oxygens (including phenoxy) is 1. The number of hydrogen-bond acceptors (Lipinski definition) is 5. The lowest BCUT2D eigenvalue weighted by Crippen LogP contribution is -2.46. The maximum absolute atomic E-state index is 14.3. The predicted molar refractivity (Wildman–Crippen MR) is 125 cm³/mol. The van der Waals surface area contributed by atoms with Crippen molar-refractivity contribution >= 4 is 17.4 Å². The maximum Gasteiger partial charge on any atom is 0.278 e. The fourth-order valence-electron chi connectivity index (χ4n) is 4.07. The molecule has 2 aromatic carbocycles. The molecule has 0 unspecified atom stereocenters. The fraction of sp³-hybridized carbons (Fsp3) is 0.385. The molecule has 1 saturated heterocycles. The van der Waals surface area contributed by atoms with E-state index in [-0.39, 0.29) is 12.5 Å². The molecule has 33 heavy (non-hydrogen) atoms. The van der Waals surface area contributed by atoms with Gasteiger partial charge in [-0.1, -0.05) is 44.2 Å². The van der Waals surface area contributed by atoms with Gasteiger partial charge in [0.1, 0.15) is 17.3 Å². The highest BCUT2D eigenvalue weighted by Gasteiger charge is 2.42. The van der Waals surface area contributed by atoms with Gasteiger partial charge in [-0.3, -0.25) is 14.5 Å². The molecule has 7 heteroatoms. The van der Waals surface area contributed by atoms with Gasteiger partial charge >= 0.3 is 0 Å². The van der Waals surface area contributed by atoms with Gasteiger partial charge in [0.15, 0.2) is 0 Å². The SMILES string of the molecule is CC(C)COc1ccc(C2=C(N3CCN(C)CC3)C(=O)N(Cc3ccccc3F)C2=O)cc1. The Hall–Kier alpha value is -3.19. The van der Waals surface area contributed by atoms with Crippen LogP contribution in [0.3, 0.4) is 0 Å². The van der Waals surface area contributed by atoms with E-state index in [0.29, 0.717) is 53.8 Å². The van der Waals surface area contributed by atoms with Crippen LogP contribution in [-0.4, -0.2) is 66.3 Å². The lowest BCUT2D eigenvalue weighted by Gasteiger charge is -2.34. The zero-order valence-electron chi connectivity index (χ0n) is 19.4. The summed E-state index contributed by atoms with van der Waals surface area (Å²) in [5, 5.41) is 0. The molecular weight excluding hydrogens is 421 g/mol. The topological polar surface area (TPSA) is 53.1 Å². The molecule has 4 rings (SSSR count). The third-order valence-electron chi connectivity index (χ3n) is 5.98. The van der Waals surface area contributed by atoms with Crippen LogP contribution < -0.4 is 4.74 Å². The van der Waals surface area contributed by atoms with Gasteiger partial charge < -0.3 is 14.5 Å². The highest BCUT2D eigenvalue weighted by Crippen LogP contribution is 2.34. The molecule has 6 nitrogen and oxygen atoms in total. The number of benzene rings is 2. The monoisotopic (exact) mass is 451 g/mol. The van der Waals surface area contributed by atoms with Gasteiger partial charge in [-0.15, -0.1) is 0 Å². The van der Waals surface area contributed by atoms with Crippen molar-refractivity contribution in [1.82, 2.24) is 14.7 Å². The Balaban J connectivity index is 1.67. The van der Waals surface area contributed by atoms with E-state index in [1.165, 1.54) is 6.07 Å². The fourth-order valence-corrected chi connectivity index (χ4v) is 4.07. The van der Waals surface area contributed by atoms with Crippen molar-refractivity contribution in [1.29, 1.82) is 0 Å². The Labute approximate surface area is 194 Å². The molecule has 0 bridgehead atoms. The Morgan fingerprint density at radius 3 is 2.24 bits per heavy atom. The summed E-state index contributed by atoms with van der Waals surface area (Å²) < 4.78 is 20.1. The van der Waals surface area contributed by atoms with Gasteiger partial charge in [0, 0.05) is 31.7 Å². The molecule has 2 aliphatic rings. The Morgan fingerprint density at radius 1 is 0.939 bits per heavy atom. The van der Waals surface area contributed by atoms with Crippen molar-refractivity contribution in [3.05, 3.63) is 71.2 Å². The average Bonchev–Trinajstić information content (AvgIpc) is 3.05. The van der Waals surface area contributed by atoms with Crippen molar-refractivity contribution in [3.63, 3.8) is 0 Å². The molecule has 0 atom stereocenters. The first-order chi connectivity index (χ1) is 15.8. The summed E-state index contributed by atoms with van der Waals surface area (Å²) in [6.07, 6.45) is 0. The maximum atomic E-state index is 14.3. The number of likely N-dealkylation sites (N-methyl/N-ethyl adjacent to an activating group) is 1. The van der Waals surface area contributed by atoms with Gasteiger partial charge in [-0.25, -0.2) is 4.39 Å². The van der Waals surface area contributed by atoms with Crippen LogP contribution in [0.15, 0.2) is 54.2 Å². The van der Waals surface area contributed by atoms with Crippen molar-refractivity contribution in [2.45, 2.75) is 20.4 Å². The number of carbonyl (C=O) groups excluding carboxylic acids is 2. The van der Waals surface area contributed by atoms with Crippen molar-refractivity contribution in [2.75, 3.05) is 39.8 Å². The van der Waals surface area contributed by atoms with Crippen LogP contribution in [0, 0.1) is 11.7 Å². The second kappa shape index (κ2) is 9.75. The molecule has 0 aliphatic carbocycles. The normalized spacial score (nSPS) is 17.5. The van der Waals surface area contributed by atoms with E-state index in [1.807, 2.05) is 36.2 Å². The largest absolute Gasteiger partial charge is 0.493 e. The van der Waals surface area contributed by atoms with Crippen LogP contribution in [0.1, 0.15) is 25.0 Å². The molecule has 2 aromatic rings. The number of hydrogen-bond donors (Lipinski definition) is 0. The van der Waals surface area contributed by atoms with Crippen LogP contribution >= 0.6 is 0 Å². The lowest BCUT2D eigenvalue weighted by molar-refractivity contribution is -0.138. The van der Waals surface area contributed by atoms with Crippen LogP contribution in [0.25, 0.3) is 5.57 Å². The quantitative estimate of drug-likeness (QED) is 0.604. The van der Waals surface area contributed by atoms with E-state index in [0.717, 1.165) is 18.0 Å². The minimum absolute atomic E-state index is 0.0966. The summed E-state index contributed by atoms with van der Waals surface area (Å²) in [5.74, 6) is -0.0818. The summed E-state index contributed by atoms with van der Waals surface area (Å²) >= 11 is 0. The summed E-state index contributed by atoms with van der Waals surface area (Å²) in [5.41, 5.74) is 1.75. The molecule has 0 radical (unpaired) electrons. The average molecular weight is 452 g/mol. The molecular formula is C26H30FN3O3. The summed E-state index contributed by atoms with van der Waals surface area (Å²) in [6.45, 7) is 7.56. The summed E-state index contributed by atoms with van der Waals surface area (Å²) in [4.78, 5) is 32.3. The van der Waals surface area contributed by atoms with E-state index >= 15 is 0 Å². The van der Waals surface area contributed by atoms with Crippen molar-refractivity contribution in [2.24, 2.45) is 5.92 Å². The summed E-state index contributed by atoms with van der Waals surface area (Å²) in [6, 6.07) is 13.5. The molecule has 2 amide bonds. The Morgan fingerprint density at radius 2 is 1.61 bits per heavy atom. The second-order valence-corrected chi connectivity index (χ2v) is 9.03. The third kappa shape index (κ3) is 4.93.